The first-order valence-electron chi connectivity index (χ1n) is 6.57. The van der Waals surface area contributed by atoms with Gasteiger partial charge in [0.25, 0.3) is 0 Å². The second-order valence-electron chi connectivity index (χ2n) is 4.91. The Balaban J connectivity index is 1.86. The third-order valence-corrected chi connectivity index (χ3v) is 4.07. The predicted octanol–water partition coefficient (Wildman–Crippen LogP) is 1.66. The summed E-state index contributed by atoms with van der Waals surface area (Å²) in [5, 5.41) is 8.77. The molecule has 0 aromatic heterocycles. The van der Waals surface area contributed by atoms with Crippen molar-refractivity contribution in [3.63, 3.8) is 0 Å². The molecule has 0 bridgehead atoms. The van der Waals surface area contributed by atoms with Gasteiger partial charge in [0.1, 0.15) is 5.75 Å². The minimum absolute atomic E-state index is 0.141. The third-order valence-electron chi connectivity index (χ3n) is 3.45. The summed E-state index contributed by atoms with van der Waals surface area (Å²) in [6, 6.07) is 6.09. The lowest BCUT2D eigenvalue weighted by Gasteiger charge is -2.33. The van der Waals surface area contributed by atoms with Crippen LogP contribution in [0.4, 0.5) is 0 Å². The first-order valence-corrected chi connectivity index (χ1v) is 7.36. The lowest BCUT2D eigenvalue weighted by atomic mass is 10.2. The van der Waals surface area contributed by atoms with E-state index in [0.29, 0.717) is 0 Å². The SMILES string of the molecule is COc1ccc(CN2CCN(CC(=O)O)CC2)cc1Br. The average molecular weight is 343 g/mol. The van der Waals surface area contributed by atoms with Gasteiger partial charge in [-0.2, -0.15) is 0 Å². The Hall–Kier alpha value is -1.11. The highest BCUT2D eigenvalue weighted by Gasteiger charge is 2.18. The van der Waals surface area contributed by atoms with E-state index in [1.807, 2.05) is 11.0 Å². The molecule has 20 heavy (non-hydrogen) atoms. The van der Waals surface area contributed by atoms with Crippen LogP contribution in [-0.2, 0) is 11.3 Å². The van der Waals surface area contributed by atoms with Crippen LogP contribution in [-0.4, -0.2) is 60.7 Å². The summed E-state index contributed by atoms with van der Waals surface area (Å²) in [6.07, 6.45) is 0. The Bertz CT molecular complexity index is 473. The smallest absolute Gasteiger partial charge is 0.317 e. The Morgan fingerprint density at radius 1 is 1.30 bits per heavy atom. The minimum Gasteiger partial charge on any atom is -0.496 e. The Morgan fingerprint density at radius 2 is 1.95 bits per heavy atom. The van der Waals surface area contributed by atoms with Crippen LogP contribution in [0, 0.1) is 0 Å². The van der Waals surface area contributed by atoms with Crippen molar-refractivity contribution >= 4 is 21.9 Å². The van der Waals surface area contributed by atoms with E-state index in [-0.39, 0.29) is 6.54 Å². The standard InChI is InChI=1S/C14H19BrN2O3/c1-20-13-3-2-11(8-12(13)15)9-16-4-6-17(7-5-16)10-14(18)19/h2-3,8H,4-7,9-10H2,1H3,(H,18,19). The predicted molar refractivity (Wildman–Crippen MR) is 80.0 cm³/mol. The van der Waals surface area contributed by atoms with Gasteiger partial charge in [-0.25, -0.2) is 0 Å². The number of carboxylic acids is 1. The summed E-state index contributed by atoms with van der Waals surface area (Å²) in [5.74, 6) is 0.0811. The maximum absolute atomic E-state index is 10.7. The number of benzene rings is 1. The topological polar surface area (TPSA) is 53.0 Å². The fourth-order valence-corrected chi connectivity index (χ4v) is 2.95. The molecular weight excluding hydrogens is 324 g/mol. The highest BCUT2D eigenvalue weighted by Crippen LogP contribution is 2.26. The molecule has 0 aliphatic carbocycles. The Kier molecular flexibility index (Phi) is 5.39. The fraction of sp³-hybridized carbons (Fsp3) is 0.500. The number of aliphatic carboxylic acids is 1. The number of piperazine rings is 1. The van der Waals surface area contributed by atoms with Gasteiger partial charge in [-0.05, 0) is 33.6 Å². The monoisotopic (exact) mass is 342 g/mol. The fourth-order valence-electron chi connectivity index (χ4n) is 2.36. The summed E-state index contributed by atoms with van der Waals surface area (Å²) in [5.41, 5.74) is 1.23. The number of hydrogen-bond donors (Lipinski definition) is 1. The second kappa shape index (κ2) is 7.06. The lowest BCUT2D eigenvalue weighted by molar-refractivity contribution is -0.138. The van der Waals surface area contributed by atoms with E-state index in [0.717, 1.165) is 42.9 Å². The van der Waals surface area contributed by atoms with Gasteiger partial charge in [-0.15, -0.1) is 0 Å². The maximum atomic E-state index is 10.7. The first kappa shape index (κ1) is 15.3. The molecule has 1 heterocycles. The minimum atomic E-state index is -0.752. The molecule has 1 aromatic rings. The molecule has 5 nitrogen and oxygen atoms in total. The van der Waals surface area contributed by atoms with Gasteiger partial charge in [0.15, 0.2) is 0 Å². The van der Waals surface area contributed by atoms with Crippen LogP contribution in [0.5, 0.6) is 5.75 Å². The molecule has 0 unspecified atom stereocenters. The highest BCUT2D eigenvalue weighted by atomic mass is 79.9. The largest absolute Gasteiger partial charge is 0.496 e. The maximum Gasteiger partial charge on any atom is 0.317 e. The van der Waals surface area contributed by atoms with Crippen molar-refractivity contribution in [3.8, 4) is 5.75 Å². The van der Waals surface area contributed by atoms with Gasteiger partial charge in [0, 0.05) is 32.7 Å². The van der Waals surface area contributed by atoms with Gasteiger partial charge < -0.3 is 9.84 Å². The summed E-state index contributed by atoms with van der Waals surface area (Å²) in [4.78, 5) is 15.0. The van der Waals surface area contributed by atoms with E-state index in [9.17, 15) is 4.79 Å². The van der Waals surface area contributed by atoms with E-state index < -0.39 is 5.97 Å². The van der Waals surface area contributed by atoms with Gasteiger partial charge >= 0.3 is 5.97 Å². The van der Waals surface area contributed by atoms with Crippen LogP contribution >= 0.6 is 15.9 Å². The molecule has 110 valence electrons. The summed E-state index contributed by atoms with van der Waals surface area (Å²) in [7, 11) is 1.65. The number of halogens is 1. The Labute approximate surface area is 127 Å². The molecule has 1 aliphatic rings. The van der Waals surface area contributed by atoms with Crippen LogP contribution in [0.1, 0.15) is 5.56 Å². The molecule has 1 aliphatic heterocycles. The quantitative estimate of drug-likeness (QED) is 0.881. The van der Waals surface area contributed by atoms with Gasteiger partial charge in [-0.1, -0.05) is 6.07 Å². The molecule has 1 aromatic carbocycles. The number of hydrogen-bond acceptors (Lipinski definition) is 4. The van der Waals surface area contributed by atoms with Crippen LogP contribution in [0.25, 0.3) is 0 Å². The van der Waals surface area contributed by atoms with Crippen LogP contribution in [0.3, 0.4) is 0 Å². The van der Waals surface area contributed by atoms with Crippen molar-refractivity contribution < 1.29 is 14.6 Å². The summed E-state index contributed by atoms with van der Waals surface area (Å²) < 4.78 is 6.18. The van der Waals surface area contributed by atoms with E-state index in [2.05, 4.69) is 33.0 Å². The number of rotatable bonds is 5. The summed E-state index contributed by atoms with van der Waals surface area (Å²) in [6.45, 7) is 4.44. The number of nitrogens with zero attached hydrogens (tertiary/aromatic N) is 2. The van der Waals surface area contributed by atoms with Crippen molar-refractivity contribution in [2.45, 2.75) is 6.54 Å². The van der Waals surface area contributed by atoms with Crippen molar-refractivity contribution in [2.75, 3.05) is 39.8 Å². The molecule has 1 fully saturated rings. The van der Waals surface area contributed by atoms with E-state index in [1.54, 1.807) is 7.11 Å². The zero-order valence-corrected chi connectivity index (χ0v) is 13.1. The van der Waals surface area contributed by atoms with Gasteiger partial charge in [-0.3, -0.25) is 14.6 Å². The Morgan fingerprint density at radius 3 is 2.50 bits per heavy atom. The molecule has 0 spiro atoms. The van der Waals surface area contributed by atoms with Gasteiger partial charge in [0.05, 0.1) is 18.1 Å². The van der Waals surface area contributed by atoms with Crippen molar-refractivity contribution in [1.82, 2.24) is 9.80 Å². The third kappa shape index (κ3) is 4.19. The lowest BCUT2D eigenvalue weighted by Crippen LogP contribution is -2.47. The summed E-state index contributed by atoms with van der Waals surface area (Å²) >= 11 is 3.49. The molecule has 0 amide bonds. The van der Waals surface area contributed by atoms with E-state index in [4.69, 9.17) is 9.84 Å². The zero-order chi connectivity index (χ0) is 14.5. The molecule has 6 heteroatoms. The van der Waals surface area contributed by atoms with Crippen molar-refractivity contribution in [2.24, 2.45) is 0 Å². The normalized spacial score (nSPS) is 17.1. The first-order chi connectivity index (χ1) is 9.58. The van der Waals surface area contributed by atoms with Crippen LogP contribution in [0.15, 0.2) is 22.7 Å². The zero-order valence-electron chi connectivity index (χ0n) is 11.5. The number of carboxylic acid groups (broad SMARTS) is 1. The van der Waals surface area contributed by atoms with Crippen LogP contribution in [0.2, 0.25) is 0 Å². The second-order valence-corrected chi connectivity index (χ2v) is 5.77. The molecular formula is C14H19BrN2O3. The van der Waals surface area contributed by atoms with E-state index in [1.165, 1.54) is 5.56 Å². The van der Waals surface area contributed by atoms with Crippen molar-refractivity contribution in [1.29, 1.82) is 0 Å². The number of methoxy groups -OCH3 is 1. The van der Waals surface area contributed by atoms with E-state index >= 15 is 0 Å². The van der Waals surface area contributed by atoms with Crippen molar-refractivity contribution in [3.05, 3.63) is 28.2 Å². The molecule has 1 saturated heterocycles. The number of ether oxygens (including phenoxy) is 1. The average Bonchev–Trinajstić information content (AvgIpc) is 2.41. The molecule has 0 radical (unpaired) electrons. The molecule has 1 N–H and O–H groups in total. The van der Waals surface area contributed by atoms with Crippen LogP contribution < -0.4 is 4.74 Å². The van der Waals surface area contributed by atoms with Gasteiger partial charge in [0.2, 0.25) is 0 Å². The molecule has 0 atom stereocenters. The molecule has 2 rings (SSSR count). The number of carbonyl (C=O) groups is 1. The highest BCUT2D eigenvalue weighted by molar-refractivity contribution is 9.10. The molecule has 0 saturated carbocycles.